The van der Waals surface area contributed by atoms with Gasteiger partial charge in [-0.15, -0.1) is 0 Å². The van der Waals surface area contributed by atoms with Gasteiger partial charge in [-0.1, -0.05) is 42.5 Å². The number of ether oxygens (including phenoxy) is 1. The van der Waals surface area contributed by atoms with Crippen molar-refractivity contribution in [3.8, 4) is 11.6 Å². The quantitative estimate of drug-likeness (QED) is 0.456. The molecule has 2 N–H and O–H groups in total. The SMILES string of the molecule is CCOc1ccc2c(c1)nc(C=Cc1ccccc1)n2-c1ccccn1.O=C(O)C(=O)O. The largest absolute Gasteiger partial charge is 0.494 e. The summed E-state index contributed by atoms with van der Waals surface area (Å²) < 4.78 is 7.68. The fourth-order valence-corrected chi connectivity index (χ4v) is 2.91. The van der Waals surface area contributed by atoms with Crippen molar-refractivity contribution < 1.29 is 24.5 Å². The van der Waals surface area contributed by atoms with Crippen LogP contribution in [0.4, 0.5) is 0 Å². The van der Waals surface area contributed by atoms with Crippen molar-refractivity contribution in [2.75, 3.05) is 6.61 Å². The lowest BCUT2D eigenvalue weighted by atomic mass is 10.2. The predicted molar refractivity (Wildman–Crippen MR) is 121 cm³/mol. The molecule has 0 radical (unpaired) electrons. The summed E-state index contributed by atoms with van der Waals surface area (Å²) in [6.07, 6.45) is 5.87. The molecule has 0 fully saturated rings. The number of aliphatic carboxylic acids is 2. The summed E-state index contributed by atoms with van der Waals surface area (Å²) in [6.45, 7) is 2.61. The molecule has 0 bridgehead atoms. The summed E-state index contributed by atoms with van der Waals surface area (Å²) in [5, 5.41) is 14.8. The van der Waals surface area contributed by atoms with Gasteiger partial charge in [-0.2, -0.15) is 0 Å². The van der Waals surface area contributed by atoms with Crippen molar-refractivity contribution >= 4 is 35.1 Å². The van der Waals surface area contributed by atoms with Gasteiger partial charge in [0.1, 0.15) is 17.4 Å². The highest BCUT2D eigenvalue weighted by Gasteiger charge is 2.12. The average Bonchev–Trinajstić information content (AvgIpc) is 3.17. The number of aromatic nitrogens is 3. The van der Waals surface area contributed by atoms with Crippen LogP contribution in [-0.4, -0.2) is 43.3 Å². The van der Waals surface area contributed by atoms with Crippen LogP contribution in [0.25, 0.3) is 29.0 Å². The summed E-state index contributed by atoms with van der Waals surface area (Å²) in [6, 6.07) is 22.0. The minimum absolute atomic E-state index is 0.632. The highest BCUT2D eigenvalue weighted by Crippen LogP contribution is 2.25. The van der Waals surface area contributed by atoms with Crippen molar-refractivity contribution in [1.82, 2.24) is 14.5 Å². The molecule has 2 aromatic heterocycles. The van der Waals surface area contributed by atoms with E-state index < -0.39 is 11.9 Å². The lowest BCUT2D eigenvalue weighted by molar-refractivity contribution is -0.159. The maximum absolute atomic E-state index is 9.10. The highest BCUT2D eigenvalue weighted by molar-refractivity contribution is 6.27. The number of imidazole rings is 1. The molecular formula is C24H21N3O5. The molecular weight excluding hydrogens is 410 g/mol. The third-order valence-corrected chi connectivity index (χ3v) is 4.25. The summed E-state index contributed by atoms with van der Waals surface area (Å²) >= 11 is 0. The van der Waals surface area contributed by atoms with Gasteiger partial charge in [0.25, 0.3) is 0 Å². The normalized spacial score (nSPS) is 10.5. The molecule has 0 aliphatic heterocycles. The van der Waals surface area contributed by atoms with E-state index in [0.29, 0.717) is 6.61 Å². The number of carbonyl (C=O) groups is 2. The third-order valence-electron chi connectivity index (χ3n) is 4.25. The van der Waals surface area contributed by atoms with E-state index in [9.17, 15) is 0 Å². The zero-order valence-corrected chi connectivity index (χ0v) is 17.3. The molecule has 0 aliphatic rings. The van der Waals surface area contributed by atoms with Crippen LogP contribution in [0, 0.1) is 0 Å². The Hall–Kier alpha value is -4.46. The zero-order chi connectivity index (χ0) is 22.9. The van der Waals surface area contributed by atoms with E-state index in [1.807, 2.05) is 67.6 Å². The first-order chi connectivity index (χ1) is 15.5. The molecule has 0 saturated carbocycles. The molecule has 2 aromatic carbocycles. The molecule has 0 spiro atoms. The lowest BCUT2D eigenvalue weighted by Crippen LogP contribution is -2.09. The van der Waals surface area contributed by atoms with E-state index in [1.165, 1.54) is 0 Å². The molecule has 0 atom stereocenters. The van der Waals surface area contributed by atoms with Gasteiger partial charge in [-0.25, -0.2) is 19.6 Å². The minimum atomic E-state index is -1.82. The first-order valence-electron chi connectivity index (χ1n) is 9.75. The Bertz CT molecular complexity index is 1220. The van der Waals surface area contributed by atoms with Gasteiger partial charge in [-0.3, -0.25) is 4.57 Å². The minimum Gasteiger partial charge on any atom is -0.494 e. The van der Waals surface area contributed by atoms with Crippen LogP contribution in [0.2, 0.25) is 0 Å². The van der Waals surface area contributed by atoms with Crippen molar-refractivity contribution in [2.45, 2.75) is 6.92 Å². The van der Waals surface area contributed by atoms with Crippen LogP contribution in [0.15, 0.2) is 72.9 Å². The Morgan fingerprint density at radius 1 is 0.969 bits per heavy atom. The number of carboxylic acids is 2. The molecule has 2 heterocycles. The number of carboxylic acid groups (broad SMARTS) is 2. The van der Waals surface area contributed by atoms with Crippen molar-refractivity contribution in [3.63, 3.8) is 0 Å². The smallest absolute Gasteiger partial charge is 0.414 e. The molecule has 0 unspecified atom stereocenters. The number of rotatable bonds is 5. The second kappa shape index (κ2) is 10.5. The van der Waals surface area contributed by atoms with Crippen LogP contribution >= 0.6 is 0 Å². The number of nitrogens with zero attached hydrogens (tertiary/aromatic N) is 3. The van der Waals surface area contributed by atoms with Gasteiger partial charge < -0.3 is 14.9 Å². The maximum atomic E-state index is 9.10. The first-order valence-corrected chi connectivity index (χ1v) is 9.75. The second-order valence-corrected chi connectivity index (χ2v) is 6.43. The number of benzene rings is 2. The van der Waals surface area contributed by atoms with Crippen molar-refractivity contribution in [1.29, 1.82) is 0 Å². The number of hydrogen-bond acceptors (Lipinski definition) is 5. The predicted octanol–water partition coefficient (Wildman–Crippen LogP) is 4.15. The molecule has 162 valence electrons. The van der Waals surface area contributed by atoms with Crippen molar-refractivity contribution in [3.05, 3.63) is 84.3 Å². The Balaban J connectivity index is 0.000000427. The van der Waals surface area contributed by atoms with E-state index in [2.05, 4.69) is 27.8 Å². The second-order valence-electron chi connectivity index (χ2n) is 6.43. The number of fused-ring (bicyclic) bond motifs is 1. The van der Waals surface area contributed by atoms with Gasteiger partial charge in [0, 0.05) is 12.3 Å². The standard InChI is InChI=1S/C22H19N3O.C2H2O4/c1-2-26-18-12-13-20-19(16-18)24-22(14-11-17-8-4-3-5-9-17)25(20)21-10-6-7-15-23-21;3-1(4)2(5)6/h3-16H,2H2,1H3;(H,3,4)(H,5,6). The Labute approximate surface area is 184 Å². The molecule has 4 aromatic rings. The molecule has 0 aliphatic carbocycles. The fraction of sp³-hybridized carbons (Fsp3) is 0.0833. The fourth-order valence-electron chi connectivity index (χ4n) is 2.91. The Morgan fingerprint density at radius 2 is 1.69 bits per heavy atom. The van der Waals surface area contributed by atoms with Crippen molar-refractivity contribution in [2.24, 2.45) is 0 Å². The molecule has 4 rings (SSSR count). The maximum Gasteiger partial charge on any atom is 0.414 e. The monoisotopic (exact) mass is 431 g/mol. The van der Waals surface area contributed by atoms with E-state index in [1.54, 1.807) is 6.20 Å². The lowest BCUT2D eigenvalue weighted by Gasteiger charge is -2.06. The van der Waals surface area contributed by atoms with Gasteiger partial charge in [0.05, 0.1) is 17.6 Å². The van der Waals surface area contributed by atoms with E-state index in [-0.39, 0.29) is 0 Å². The van der Waals surface area contributed by atoms with Gasteiger partial charge in [-0.05, 0) is 42.8 Å². The molecule has 0 amide bonds. The third kappa shape index (κ3) is 5.57. The number of hydrogen-bond donors (Lipinski definition) is 2. The van der Waals surface area contributed by atoms with E-state index >= 15 is 0 Å². The summed E-state index contributed by atoms with van der Waals surface area (Å²) in [4.78, 5) is 27.5. The molecule has 32 heavy (non-hydrogen) atoms. The average molecular weight is 431 g/mol. The molecule has 8 heteroatoms. The first kappa shape index (κ1) is 22.2. The highest BCUT2D eigenvalue weighted by atomic mass is 16.5. The summed E-state index contributed by atoms with van der Waals surface area (Å²) in [5.74, 6) is -1.16. The Kier molecular flexibility index (Phi) is 7.32. The van der Waals surface area contributed by atoms with Gasteiger partial charge in [0.2, 0.25) is 0 Å². The van der Waals surface area contributed by atoms with Crippen LogP contribution < -0.4 is 4.74 Å². The summed E-state index contributed by atoms with van der Waals surface area (Å²) in [5.41, 5.74) is 3.01. The molecule has 0 saturated heterocycles. The van der Waals surface area contributed by atoms with E-state index in [4.69, 9.17) is 29.5 Å². The zero-order valence-electron chi connectivity index (χ0n) is 17.3. The molecule has 8 nitrogen and oxygen atoms in total. The van der Waals surface area contributed by atoms with Gasteiger partial charge >= 0.3 is 11.9 Å². The summed E-state index contributed by atoms with van der Waals surface area (Å²) in [7, 11) is 0. The van der Waals surface area contributed by atoms with Crippen LogP contribution in [-0.2, 0) is 9.59 Å². The topological polar surface area (TPSA) is 115 Å². The Morgan fingerprint density at radius 3 is 2.31 bits per heavy atom. The van der Waals surface area contributed by atoms with Crippen LogP contribution in [0.3, 0.4) is 0 Å². The van der Waals surface area contributed by atoms with Crippen LogP contribution in [0.1, 0.15) is 18.3 Å². The number of pyridine rings is 1. The van der Waals surface area contributed by atoms with Gasteiger partial charge in [0.15, 0.2) is 0 Å². The van der Waals surface area contributed by atoms with Crippen LogP contribution in [0.5, 0.6) is 5.75 Å². The van der Waals surface area contributed by atoms with E-state index in [0.717, 1.165) is 34.0 Å².